The standard InChI is InChI=1S/C25H31ClN4O4S3/c1-18-3-4-20-21(17-18)35-25(27-20)30(10-2-9-28-13-15-34-16-14-28)24(31)19-7-11-29(12-8-19)37(32,33)23-6-5-22(26)36-23/h3-6,17,19H,2,7-16H2,1H3. The molecule has 2 aliphatic rings. The van der Waals surface area contributed by atoms with Gasteiger partial charge >= 0.3 is 0 Å². The second kappa shape index (κ2) is 11.6. The number of morpholine rings is 1. The largest absolute Gasteiger partial charge is 0.379 e. The van der Waals surface area contributed by atoms with Gasteiger partial charge in [-0.15, -0.1) is 11.3 Å². The summed E-state index contributed by atoms with van der Waals surface area (Å²) >= 11 is 8.57. The van der Waals surface area contributed by atoms with Gasteiger partial charge in [-0.25, -0.2) is 13.4 Å². The van der Waals surface area contributed by atoms with E-state index in [-0.39, 0.29) is 16.0 Å². The zero-order valence-corrected chi connectivity index (χ0v) is 24.0. The van der Waals surface area contributed by atoms with Crippen LogP contribution in [0.2, 0.25) is 4.34 Å². The Morgan fingerprint density at radius 3 is 2.59 bits per heavy atom. The summed E-state index contributed by atoms with van der Waals surface area (Å²) in [5, 5.41) is 0.718. The minimum atomic E-state index is -3.59. The third-order valence-electron chi connectivity index (χ3n) is 6.94. The van der Waals surface area contributed by atoms with Gasteiger partial charge in [-0.1, -0.05) is 29.0 Å². The molecule has 0 bridgehead atoms. The van der Waals surface area contributed by atoms with Crippen LogP contribution in [0.1, 0.15) is 24.8 Å². The number of carbonyl (C=O) groups excluding carboxylic acids is 1. The first kappa shape index (κ1) is 27.0. The van der Waals surface area contributed by atoms with Crippen molar-refractivity contribution in [3.05, 3.63) is 40.2 Å². The van der Waals surface area contributed by atoms with E-state index in [1.54, 1.807) is 23.5 Å². The van der Waals surface area contributed by atoms with E-state index in [9.17, 15) is 13.2 Å². The maximum absolute atomic E-state index is 13.8. The average molecular weight is 583 g/mol. The molecule has 200 valence electrons. The normalized spacial score (nSPS) is 18.4. The second-order valence-corrected chi connectivity index (χ2v) is 14.4. The Morgan fingerprint density at radius 1 is 1.14 bits per heavy atom. The number of aromatic nitrogens is 1. The molecular formula is C25H31ClN4O4S3. The second-order valence-electron chi connectivity index (χ2n) is 9.50. The molecule has 4 heterocycles. The molecule has 2 saturated heterocycles. The number of carbonyl (C=O) groups is 1. The molecule has 0 aliphatic carbocycles. The number of anilines is 1. The van der Waals surface area contributed by atoms with Crippen molar-refractivity contribution in [1.29, 1.82) is 0 Å². The van der Waals surface area contributed by atoms with Gasteiger partial charge in [0.05, 0.1) is 27.8 Å². The van der Waals surface area contributed by atoms with Crippen LogP contribution in [0.5, 0.6) is 0 Å². The first-order valence-electron chi connectivity index (χ1n) is 12.6. The molecule has 0 unspecified atom stereocenters. The number of halogens is 1. The zero-order valence-electron chi connectivity index (χ0n) is 20.8. The van der Waals surface area contributed by atoms with Gasteiger partial charge in [0.15, 0.2) is 5.13 Å². The van der Waals surface area contributed by atoms with Crippen LogP contribution in [0.3, 0.4) is 0 Å². The number of hydrogen-bond donors (Lipinski definition) is 0. The van der Waals surface area contributed by atoms with E-state index in [0.717, 1.165) is 71.5 Å². The van der Waals surface area contributed by atoms with E-state index >= 15 is 0 Å². The van der Waals surface area contributed by atoms with Gasteiger partial charge in [0.25, 0.3) is 10.0 Å². The molecule has 2 aromatic heterocycles. The van der Waals surface area contributed by atoms with Gasteiger partial charge < -0.3 is 4.74 Å². The summed E-state index contributed by atoms with van der Waals surface area (Å²) in [5.74, 6) is -0.204. The van der Waals surface area contributed by atoms with E-state index in [2.05, 4.69) is 17.9 Å². The highest BCUT2D eigenvalue weighted by molar-refractivity contribution is 7.91. The van der Waals surface area contributed by atoms with E-state index in [0.29, 0.717) is 36.8 Å². The summed E-state index contributed by atoms with van der Waals surface area (Å²) in [5.41, 5.74) is 2.06. The quantitative estimate of drug-likeness (QED) is 0.390. The van der Waals surface area contributed by atoms with Gasteiger partial charge in [0.1, 0.15) is 4.21 Å². The van der Waals surface area contributed by atoms with E-state index in [1.165, 1.54) is 4.31 Å². The smallest absolute Gasteiger partial charge is 0.252 e. The molecule has 1 aromatic carbocycles. The van der Waals surface area contributed by atoms with Crippen molar-refractivity contribution in [2.75, 3.05) is 57.4 Å². The van der Waals surface area contributed by atoms with E-state index in [1.807, 2.05) is 17.0 Å². The number of amides is 1. The number of piperidine rings is 1. The highest BCUT2D eigenvalue weighted by Gasteiger charge is 2.35. The number of thiophene rings is 1. The summed E-state index contributed by atoms with van der Waals surface area (Å²) in [6.45, 7) is 7.49. The number of thiazole rings is 1. The van der Waals surface area contributed by atoms with Crippen molar-refractivity contribution in [2.45, 2.75) is 30.4 Å². The van der Waals surface area contributed by atoms with Crippen molar-refractivity contribution >= 4 is 65.6 Å². The Balaban J connectivity index is 1.29. The summed E-state index contributed by atoms with van der Waals surface area (Å²) in [6.07, 6.45) is 1.81. The minimum Gasteiger partial charge on any atom is -0.379 e. The maximum atomic E-state index is 13.8. The van der Waals surface area contributed by atoms with Crippen LogP contribution in [0.15, 0.2) is 34.5 Å². The van der Waals surface area contributed by atoms with Crippen LogP contribution >= 0.6 is 34.3 Å². The monoisotopic (exact) mass is 582 g/mol. The molecule has 12 heteroatoms. The van der Waals surface area contributed by atoms with Gasteiger partial charge in [0, 0.05) is 45.2 Å². The summed E-state index contributed by atoms with van der Waals surface area (Å²) in [6, 6.07) is 9.29. The van der Waals surface area contributed by atoms with Crippen molar-refractivity contribution in [3.63, 3.8) is 0 Å². The number of sulfonamides is 1. The molecule has 5 rings (SSSR count). The van der Waals surface area contributed by atoms with Crippen LogP contribution in [0, 0.1) is 12.8 Å². The molecule has 1 amide bonds. The van der Waals surface area contributed by atoms with Gasteiger partial charge in [-0.05, 0) is 56.0 Å². The van der Waals surface area contributed by atoms with Gasteiger partial charge in [-0.3, -0.25) is 14.6 Å². The van der Waals surface area contributed by atoms with Crippen molar-refractivity contribution in [3.8, 4) is 0 Å². The number of aryl methyl sites for hydroxylation is 1. The summed E-state index contributed by atoms with van der Waals surface area (Å²) in [7, 11) is -3.59. The summed E-state index contributed by atoms with van der Waals surface area (Å²) in [4.78, 5) is 22.8. The number of rotatable bonds is 8. The molecule has 37 heavy (non-hydrogen) atoms. The lowest BCUT2D eigenvalue weighted by atomic mass is 9.96. The Morgan fingerprint density at radius 2 is 1.89 bits per heavy atom. The molecule has 0 radical (unpaired) electrons. The van der Waals surface area contributed by atoms with Crippen molar-refractivity contribution in [2.24, 2.45) is 5.92 Å². The Labute approximate surface area is 230 Å². The molecule has 0 N–H and O–H groups in total. The van der Waals surface area contributed by atoms with E-state index < -0.39 is 10.0 Å². The van der Waals surface area contributed by atoms with Crippen LogP contribution < -0.4 is 4.90 Å². The third-order valence-corrected chi connectivity index (χ3v) is 11.6. The van der Waals surface area contributed by atoms with Crippen molar-refractivity contribution < 1.29 is 17.9 Å². The highest BCUT2D eigenvalue weighted by atomic mass is 35.5. The van der Waals surface area contributed by atoms with Crippen LogP contribution in [0.25, 0.3) is 10.2 Å². The van der Waals surface area contributed by atoms with Crippen LogP contribution in [-0.2, 0) is 19.6 Å². The van der Waals surface area contributed by atoms with Crippen LogP contribution in [0.4, 0.5) is 5.13 Å². The Hall–Kier alpha value is -1.60. The first-order chi connectivity index (χ1) is 17.8. The predicted octanol–water partition coefficient (Wildman–Crippen LogP) is 4.48. The Bertz CT molecular complexity index is 1340. The number of fused-ring (bicyclic) bond motifs is 1. The Kier molecular flexibility index (Phi) is 8.49. The molecular weight excluding hydrogens is 552 g/mol. The zero-order chi connectivity index (χ0) is 26.0. The van der Waals surface area contributed by atoms with Gasteiger partial charge in [0.2, 0.25) is 5.91 Å². The van der Waals surface area contributed by atoms with Crippen molar-refractivity contribution in [1.82, 2.24) is 14.2 Å². The lowest BCUT2D eigenvalue weighted by molar-refractivity contribution is -0.123. The lowest BCUT2D eigenvalue weighted by Gasteiger charge is -2.33. The fourth-order valence-corrected chi connectivity index (χ4v) is 9.04. The first-order valence-corrected chi connectivity index (χ1v) is 16.0. The van der Waals surface area contributed by atoms with Gasteiger partial charge in [-0.2, -0.15) is 4.31 Å². The predicted molar refractivity (Wildman–Crippen MR) is 149 cm³/mol. The van der Waals surface area contributed by atoms with Crippen LogP contribution in [-0.4, -0.2) is 81.0 Å². The summed E-state index contributed by atoms with van der Waals surface area (Å²) < 4.78 is 34.7. The fraction of sp³-hybridized carbons (Fsp3) is 0.520. The average Bonchev–Trinajstić information content (AvgIpc) is 3.53. The minimum absolute atomic E-state index is 0.0361. The topological polar surface area (TPSA) is 83.1 Å². The maximum Gasteiger partial charge on any atom is 0.252 e. The lowest BCUT2D eigenvalue weighted by Crippen LogP contribution is -2.45. The molecule has 0 saturated carbocycles. The molecule has 8 nitrogen and oxygen atoms in total. The molecule has 3 aromatic rings. The van der Waals surface area contributed by atoms with E-state index in [4.69, 9.17) is 21.3 Å². The highest BCUT2D eigenvalue weighted by Crippen LogP contribution is 2.34. The third kappa shape index (κ3) is 6.19. The number of nitrogens with zero attached hydrogens (tertiary/aromatic N) is 4. The molecule has 0 spiro atoms. The molecule has 2 aliphatic heterocycles. The fourth-order valence-electron chi connectivity index (χ4n) is 4.84. The molecule has 0 atom stereocenters. The number of ether oxygens (including phenoxy) is 1. The number of hydrogen-bond acceptors (Lipinski definition) is 8. The SMILES string of the molecule is Cc1ccc2nc(N(CCCN3CCOCC3)C(=O)C3CCN(S(=O)(=O)c4ccc(Cl)s4)CC3)sc2c1. The molecule has 2 fully saturated rings. The number of benzene rings is 1.